The lowest BCUT2D eigenvalue weighted by molar-refractivity contribution is -0.137. The summed E-state index contributed by atoms with van der Waals surface area (Å²) in [6, 6.07) is 4.21. The monoisotopic (exact) mass is 219 g/mol. The first-order chi connectivity index (χ1) is 6.45. The molecule has 1 rings (SSSR count). The van der Waals surface area contributed by atoms with Crippen molar-refractivity contribution in [1.29, 1.82) is 0 Å². The maximum absolute atomic E-state index is 12.3. The first kappa shape index (κ1) is 11.1. The Bertz CT molecular complexity index is 335. The topological polar surface area (TPSA) is 26.0 Å². The van der Waals surface area contributed by atoms with Crippen molar-refractivity contribution in [1.82, 2.24) is 0 Å². The molecule has 0 heterocycles. The van der Waals surface area contributed by atoms with Crippen LogP contribution in [0.2, 0.25) is 0 Å². The summed E-state index contributed by atoms with van der Waals surface area (Å²) in [4.78, 5) is 0. The predicted molar refractivity (Wildman–Crippen MR) is 52.0 cm³/mol. The van der Waals surface area contributed by atoms with E-state index >= 15 is 0 Å². The molecule has 0 radical (unpaired) electrons. The van der Waals surface area contributed by atoms with E-state index in [0.29, 0.717) is 5.56 Å². The fraction of sp³-hybridized carbons (Fsp3) is 0.222. The third-order valence-electron chi connectivity index (χ3n) is 1.75. The van der Waals surface area contributed by atoms with Gasteiger partial charge in [-0.1, -0.05) is 24.4 Å². The smallest absolute Gasteiger partial charge is 0.320 e. The van der Waals surface area contributed by atoms with E-state index < -0.39 is 17.8 Å². The van der Waals surface area contributed by atoms with Crippen LogP contribution in [0.5, 0.6) is 0 Å². The van der Waals surface area contributed by atoms with E-state index in [9.17, 15) is 13.2 Å². The molecule has 0 saturated heterocycles. The van der Waals surface area contributed by atoms with Crippen molar-refractivity contribution in [3.05, 3.63) is 35.4 Å². The van der Waals surface area contributed by atoms with E-state index in [1.165, 1.54) is 17.5 Å². The zero-order valence-electron chi connectivity index (χ0n) is 7.08. The molecule has 0 aromatic heterocycles. The summed E-state index contributed by atoms with van der Waals surface area (Å²) in [7, 11) is 0. The first-order valence-corrected chi connectivity index (χ1v) is 4.30. The number of hydrogen-bond acceptors (Lipinski definition) is 2. The standard InChI is InChI=1S/C9H8F3NS/c10-9(11,12)7-3-1-2-6(4-7)8(13)5-14/h1-5,8H,13H2. The van der Waals surface area contributed by atoms with Gasteiger partial charge in [0.25, 0.3) is 0 Å². The van der Waals surface area contributed by atoms with Crippen LogP contribution in [0.1, 0.15) is 17.2 Å². The van der Waals surface area contributed by atoms with E-state index in [4.69, 9.17) is 5.73 Å². The van der Waals surface area contributed by atoms with E-state index in [-0.39, 0.29) is 0 Å². The van der Waals surface area contributed by atoms with Gasteiger partial charge in [-0.25, -0.2) is 0 Å². The number of hydrogen-bond donors (Lipinski definition) is 1. The Balaban J connectivity index is 3.07. The van der Waals surface area contributed by atoms with Crippen molar-refractivity contribution in [2.45, 2.75) is 12.2 Å². The van der Waals surface area contributed by atoms with Crippen LogP contribution in [0.25, 0.3) is 0 Å². The Morgan fingerprint density at radius 3 is 2.50 bits per heavy atom. The molecule has 0 fully saturated rings. The second-order valence-electron chi connectivity index (χ2n) is 2.79. The van der Waals surface area contributed by atoms with Gasteiger partial charge in [0.05, 0.1) is 11.6 Å². The third-order valence-corrected chi connectivity index (χ3v) is 2.04. The average Bonchev–Trinajstić information content (AvgIpc) is 2.15. The van der Waals surface area contributed by atoms with Crippen LogP contribution in [-0.2, 0) is 6.18 Å². The summed E-state index contributed by atoms with van der Waals surface area (Å²) >= 11 is 4.56. The molecule has 1 aromatic carbocycles. The normalized spacial score (nSPS) is 13.7. The lowest BCUT2D eigenvalue weighted by Gasteiger charge is -2.10. The molecule has 1 atom stereocenters. The van der Waals surface area contributed by atoms with Crippen molar-refractivity contribution in [2.24, 2.45) is 5.73 Å². The SMILES string of the molecule is NC(C=S)c1cccc(C(F)(F)F)c1. The van der Waals surface area contributed by atoms with Crippen molar-refractivity contribution in [3.63, 3.8) is 0 Å². The Labute approximate surface area is 84.7 Å². The zero-order chi connectivity index (χ0) is 10.8. The molecule has 1 nitrogen and oxygen atoms in total. The van der Waals surface area contributed by atoms with Gasteiger partial charge in [-0.3, -0.25) is 0 Å². The fourth-order valence-electron chi connectivity index (χ4n) is 1.00. The summed E-state index contributed by atoms with van der Waals surface area (Å²) in [6.07, 6.45) is -4.34. The van der Waals surface area contributed by atoms with Crippen LogP contribution in [0, 0.1) is 0 Å². The predicted octanol–water partition coefficient (Wildman–Crippen LogP) is 2.70. The highest BCUT2D eigenvalue weighted by atomic mass is 32.1. The summed E-state index contributed by atoms with van der Waals surface area (Å²) in [5.41, 5.74) is 5.14. The van der Waals surface area contributed by atoms with Crippen LogP contribution < -0.4 is 5.73 Å². The van der Waals surface area contributed by atoms with Crippen molar-refractivity contribution in [2.75, 3.05) is 0 Å². The molecular weight excluding hydrogens is 211 g/mol. The molecule has 0 aliphatic carbocycles. The average molecular weight is 219 g/mol. The van der Waals surface area contributed by atoms with Gasteiger partial charge in [0.15, 0.2) is 0 Å². The van der Waals surface area contributed by atoms with Gasteiger partial charge in [0.2, 0.25) is 0 Å². The number of alkyl halides is 3. The van der Waals surface area contributed by atoms with Gasteiger partial charge in [-0.2, -0.15) is 13.2 Å². The minimum atomic E-state index is -4.34. The van der Waals surface area contributed by atoms with Gasteiger partial charge in [-0.15, -0.1) is 0 Å². The maximum Gasteiger partial charge on any atom is 0.416 e. The lowest BCUT2D eigenvalue weighted by atomic mass is 10.1. The molecule has 0 bridgehead atoms. The number of nitrogens with two attached hydrogens (primary N) is 1. The lowest BCUT2D eigenvalue weighted by Crippen LogP contribution is -2.12. The summed E-state index contributed by atoms with van der Waals surface area (Å²) in [6.45, 7) is 0. The minimum absolute atomic E-state index is 0.370. The molecule has 5 heteroatoms. The second-order valence-corrected chi connectivity index (χ2v) is 3.06. The van der Waals surface area contributed by atoms with Gasteiger partial charge in [0.1, 0.15) is 0 Å². The van der Waals surface area contributed by atoms with Gasteiger partial charge in [0, 0.05) is 5.37 Å². The fourth-order valence-corrected chi connectivity index (χ4v) is 1.16. The van der Waals surface area contributed by atoms with Crippen molar-refractivity contribution in [3.8, 4) is 0 Å². The second kappa shape index (κ2) is 4.06. The molecule has 0 spiro atoms. The molecule has 1 aromatic rings. The molecule has 0 amide bonds. The van der Waals surface area contributed by atoms with Crippen LogP contribution in [0.15, 0.2) is 24.3 Å². The number of benzene rings is 1. The van der Waals surface area contributed by atoms with Crippen molar-refractivity contribution < 1.29 is 13.2 Å². The Hall–Kier alpha value is -0.940. The first-order valence-electron chi connectivity index (χ1n) is 3.83. The summed E-state index contributed by atoms with van der Waals surface area (Å²) < 4.78 is 36.8. The zero-order valence-corrected chi connectivity index (χ0v) is 7.90. The van der Waals surface area contributed by atoms with E-state index in [0.717, 1.165) is 12.1 Å². The van der Waals surface area contributed by atoms with E-state index in [2.05, 4.69) is 12.2 Å². The molecule has 76 valence electrons. The maximum atomic E-state index is 12.3. The molecule has 0 aliphatic heterocycles. The molecule has 0 saturated carbocycles. The van der Waals surface area contributed by atoms with Gasteiger partial charge < -0.3 is 5.73 Å². The summed E-state index contributed by atoms with van der Waals surface area (Å²) in [5.74, 6) is 0. The van der Waals surface area contributed by atoms with E-state index in [1.54, 1.807) is 0 Å². The molecule has 2 N–H and O–H groups in total. The number of halogens is 3. The Morgan fingerprint density at radius 1 is 1.36 bits per heavy atom. The van der Waals surface area contributed by atoms with Crippen LogP contribution >= 0.6 is 12.2 Å². The molecule has 0 aliphatic rings. The van der Waals surface area contributed by atoms with Crippen LogP contribution in [0.3, 0.4) is 0 Å². The van der Waals surface area contributed by atoms with Crippen LogP contribution in [0.4, 0.5) is 13.2 Å². The van der Waals surface area contributed by atoms with Gasteiger partial charge in [-0.05, 0) is 17.7 Å². The molecule has 1 unspecified atom stereocenters. The highest BCUT2D eigenvalue weighted by molar-refractivity contribution is 7.79. The number of rotatable bonds is 2. The minimum Gasteiger partial charge on any atom is -0.320 e. The van der Waals surface area contributed by atoms with Crippen molar-refractivity contribution >= 4 is 17.6 Å². The highest BCUT2D eigenvalue weighted by Gasteiger charge is 2.30. The Kier molecular flexibility index (Phi) is 3.23. The largest absolute Gasteiger partial charge is 0.416 e. The summed E-state index contributed by atoms with van der Waals surface area (Å²) in [5, 5.41) is 1.23. The number of thiocarbonyl (C=S) groups is 1. The quantitative estimate of drug-likeness (QED) is 0.774. The molecular formula is C9H8F3NS. The van der Waals surface area contributed by atoms with Crippen LogP contribution in [-0.4, -0.2) is 5.37 Å². The Morgan fingerprint density at radius 2 is 2.00 bits per heavy atom. The van der Waals surface area contributed by atoms with E-state index in [1.807, 2.05) is 0 Å². The van der Waals surface area contributed by atoms with Gasteiger partial charge >= 0.3 is 6.18 Å². The molecule has 14 heavy (non-hydrogen) atoms. The highest BCUT2D eigenvalue weighted by Crippen LogP contribution is 2.30. The third kappa shape index (κ3) is 2.52.